The van der Waals surface area contributed by atoms with E-state index in [-0.39, 0.29) is 17.8 Å². The molecule has 0 saturated carbocycles. The van der Waals surface area contributed by atoms with Crippen LogP contribution < -0.4 is 0 Å². The van der Waals surface area contributed by atoms with Gasteiger partial charge in [-0.1, -0.05) is 30.3 Å². The molecule has 0 N–H and O–H groups in total. The largest absolute Gasteiger partial charge is 0.441 e. The molecule has 1 aliphatic heterocycles. The van der Waals surface area contributed by atoms with E-state index in [1.165, 1.54) is 12.1 Å². The highest BCUT2D eigenvalue weighted by atomic mass is 19.1. The Labute approximate surface area is 191 Å². The summed E-state index contributed by atoms with van der Waals surface area (Å²) in [6.45, 7) is 2.52. The van der Waals surface area contributed by atoms with Gasteiger partial charge in [0, 0.05) is 24.6 Å². The van der Waals surface area contributed by atoms with Crippen molar-refractivity contribution in [2.75, 3.05) is 6.54 Å². The lowest BCUT2D eigenvalue weighted by Crippen LogP contribution is -2.45. The molecule has 1 aliphatic rings. The fraction of sp³-hybridized carbons (Fsp3) is 0.269. The zero-order valence-electron chi connectivity index (χ0n) is 18.4. The lowest BCUT2D eigenvalue weighted by atomic mass is 9.98. The van der Waals surface area contributed by atoms with E-state index >= 15 is 0 Å². The second-order valence-electron chi connectivity index (χ2n) is 8.40. The van der Waals surface area contributed by atoms with Crippen LogP contribution in [0, 0.1) is 12.7 Å². The van der Waals surface area contributed by atoms with Crippen LogP contribution in [0.1, 0.15) is 41.3 Å². The van der Waals surface area contributed by atoms with Gasteiger partial charge in [-0.15, -0.1) is 0 Å². The minimum atomic E-state index is -0.326. The number of rotatable bonds is 5. The standard InChI is InChI=1S/C26H25FN4O2/c1-18-15-23(31(29-18)21-12-10-20(27)11-13-21)26(32)30-14-6-5-9-22(30)16-25-28-17-24(33-25)19-7-3-2-4-8-19/h2-4,7-8,10-13,15,17,22H,5-6,9,14,16H2,1H3. The van der Waals surface area contributed by atoms with Crippen LogP contribution >= 0.6 is 0 Å². The molecule has 7 heteroatoms. The van der Waals surface area contributed by atoms with Crippen LogP contribution in [0.2, 0.25) is 0 Å². The summed E-state index contributed by atoms with van der Waals surface area (Å²) in [6, 6.07) is 17.6. The number of nitrogens with zero attached hydrogens (tertiary/aromatic N) is 4. The van der Waals surface area contributed by atoms with Crippen molar-refractivity contribution < 1.29 is 13.6 Å². The Kier molecular flexibility index (Phi) is 5.77. The molecular formula is C26H25FN4O2. The number of aryl methyl sites for hydroxylation is 1. The van der Waals surface area contributed by atoms with Gasteiger partial charge in [0.05, 0.1) is 17.6 Å². The number of oxazole rings is 1. The van der Waals surface area contributed by atoms with Gasteiger partial charge in [0.2, 0.25) is 0 Å². The molecule has 1 fully saturated rings. The Balaban J connectivity index is 1.39. The molecule has 6 nitrogen and oxygen atoms in total. The van der Waals surface area contributed by atoms with E-state index in [9.17, 15) is 9.18 Å². The number of amides is 1. The highest BCUT2D eigenvalue weighted by Gasteiger charge is 2.31. The second-order valence-corrected chi connectivity index (χ2v) is 8.40. The monoisotopic (exact) mass is 444 g/mol. The first kappa shape index (κ1) is 21.1. The third-order valence-corrected chi connectivity index (χ3v) is 6.03. The summed E-state index contributed by atoms with van der Waals surface area (Å²) in [7, 11) is 0. The highest BCUT2D eigenvalue weighted by molar-refractivity contribution is 5.93. The van der Waals surface area contributed by atoms with Crippen LogP contribution in [0.4, 0.5) is 4.39 Å². The van der Waals surface area contributed by atoms with Gasteiger partial charge in [-0.3, -0.25) is 4.79 Å². The summed E-state index contributed by atoms with van der Waals surface area (Å²) in [5, 5.41) is 4.49. The molecule has 3 heterocycles. The molecule has 1 unspecified atom stereocenters. The van der Waals surface area contributed by atoms with Gasteiger partial charge in [-0.25, -0.2) is 14.1 Å². The lowest BCUT2D eigenvalue weighted by molar-refractivity contribution is 0.0596. The molecule has 0 aliphatic carbocycles. The predicted molar refractivity (Wildman–Crippen MR) is 123 cm³/mol. The van der Waals surface area contributed by atoms with Crippen molar-refractivity contribution in [3.05, 3.63) is 90.0 Å². The molecule has 1 amide bonds. The Bertz CT molecular complexity index is 1250. The maximum atomic E-state index is 13.6. The number of carbonyl (C=O) groups is 1. The number of aromatic nitrogens is 3. The molecular weight excluding hydrogens is 419 g/mol. The number of piperidine rings is 1. The normalized spacial score (nSPS) is 16.2. The summed E-state index contributed by atoms with van der Waals surface area (Å²) in [4.78, 5) is 20.0. The van der Waals surface area contributed by atoms with Crippen molar-refractivity contribution in [2.24, 2.45) is 0 Å². The topological polar surface area (TPSA) is 64.2 Å². The van der Waals surface area contributed by atoms with Crippen LogP contribution in [0.3, 0.4) is 0 Å². The smallest absolute Gasteiger partial charge is 0.272 e. The minimum absolute atomic E-state index is 0.00889. The summed E-state index contributed by atoms with van der Waals surface area (Å²) >= 11 is 0. The van der Waals surface area contributed by atoms with Crippen molar-refractivity contribution >= 4 is 5.91 Å². The van der Waals surface area contributed by atoms with Gasteiger partial charge < -0.3 is 9.32 Å². The van der Waals surface area contributed by atoms with Crippen LogP contribution in [0.5, 0.6) is 0 Å². The zero-order chi connectivity index (χ0) is 22.8. The van der Waals surface area contributed by atoms with Gasteiger partial charge in [0.1, 0.15) is 11.5 Å². The molecule has 168 valence electrons. The number of likely N-dealkylation sites (tertiary alicyclic amines) is 1. The van der Waals surface area contributed by atoms with E-state index in [1.807, 2.05) is 42.2 Å². The first-order valence-corrected chi connectivity index (χ1v) is 11.2. The van der Waals surface area contributed by atoms with Crippen molar-refractivity contribution in [3.8, 4) is 17.0 Å². The Morgan fingerprint density at radius 3 is 2.70 bits per heavy atom. The third-order valence-electron chi connectivity index (χ3n) is 6.03. The SMILES string of the molecule is Cc1cc(C(=O)N2CCCCC2Cc2ncc(-c3ccccc3)o2)n(-c2ccc(F)cc2)n1. The molecule has 0 radical (unpaired) electrons. The van der Waals surface area contributed by atoms with Crippen molar-refractivity contribution in [3.63, 3.8) is 0 Å². The fourth-order valence-electron chi connectivity index (χ4n) is 4.40. The van der Waals surface area contributed by atoms with Crippen LogP contribution in [0.25, 0.3) is 17.0 Å². The molecule has 0 spiro atoms. The molecule has 5 rings (SSSR count). The molecule has 2 aromatic heterocycles. The summed E-state index contributed by atoms with van der Waals surface area (Å²) in [6.07, 6.45) is 5.19. The number of halogens is 1. The summed E-state index contributed by atoms with van der Waals surface area (Å²) < 4.78 is 21.0. The number of hydrogen-bond acceptors (Lipinski definition) is 4. The van der Waals surface area contributed by atoms with Gasteiger partial charge in [-0.05, 0) is 56.5 Å². The average Bonchev–Trinajstić information content (AvgIpc) is 3.47. The van der Waals surface area contributed by atoms with E-state index in [0.29, 0.717) is 30.2 Å². The van der Waals surface area contributed by atoms with Gasteiger partial charge >= 0.3 is 0 Å². The first-order valence-electron chi connectivity index (χ1n) is 11.2. The second kappa shape index (κ2) is 9.02. The van der Waals surface area contributed by atoms with Crippen molar-refractivity contribution in [1.29, 1.82) is 0 Å². The lowest BCUT2D eigenvalue weighted by Gasteiger charge is -2.35. The predicted octanol–water partition coefficient (Wildman–Crippen LogP) is 5.21. The van der Waals surface area contributed by atoms with E-state index in [1.54, 1.807) is 29.1 Å². The summed E-state index contributed by atoms with van der Waals surface area (Å²) in [5.74, 6) is 0.943. The molecule has 0 bridgehead atoms. The Hall–Kier alpha value is -3.74. The minimum Gasteiger partial charge on any atom is -0.441 e. The van der Waals surface area contributed by atoms with Crippen LogP contribution in [0.15, 0.2) is 71.3 Å². The number of hydrogen-bond donors (Lipinski definition) is 0. The van der Waals surface area contributed by atoms with Gasteiger partial charge in [0.25, 0.3) is 5.91 Å². The number of benzene rings is 2. The molecule has 1 saturated heterocycles. The molecule has 1 atom stereocenters. The maximum Gasteiger partial charge on any atom is 0.272 e. The zero-order valence-corrected chi connectivity index (χ0v) is 18.4. The maximum absolute atomic E-state index is 13.6. The molecule has 2 aromatic carbocycles. The Morgan fingerprint density at radius 2 is 1.91 bits per heavy atom. The van der Waals surface area contributed by atoms with E-state index in [2.05, 4.69) is 10.1 Å². The van der Waals surface area contributed by atoms with E-state index in [4.69, 9.17) is 4.42 Å². The van der Waals surface area contributed by atoms with Crippen LogP contribution in [-0.2, 0) is 6.42 Å². The third kappa shape index (κ3) is 4.44. The fourth-order valence-corrected chi connectivity index (χ4v) is 4.40. The quantitative estimate of drug-likeness (QED) is 0.424. The van der Waals surface area contributed by atoms with Gasteiger partial charge in [-0.2, -0.15) is 5.10 Å². The summed E-state index contributed by atoms with van der Waals surface area (Å²) in [5.41, 5.74) is 2.84. The first-order chi connectivity index (χ1) is 16.1. The van der Waals surface area contributed by atoms with E-state index in [0.717, 1.165) is 36.3 Å². The molecule has 4 aromatic rings. The van der Waals surface area contributed by atoms with Gasteiger partial charge in [0.15, 0.2) is 11.7 Å². The molecule has 33 heavy (non-hydrogen) atoms. The number of carbonyl (C=O) groups excluding carboxylic acids is 1. The van der Waals surface area contributed by atoms with Crippen LogP contribution in [-0.4, -0.2) is 38.2 Å². The highest BCUT2D eigenvalue weighted by Crippen LogP contribution is 2.26. The van der Waals surface area contributed by atoms with Crippen molar-refractivity contribution in [2.45, 2.75) is 38.6 Å². The van der Waals surface area contributed by atoms with Crippen molar-refractivity contribution in [1.82, 2.24) is 19.7 Å². The van der Waals surface area contributed by atoms with E-state index < -0.39 is 0 Å². The Morgan fingerprint density at radius 1 is 1.12 bits per heavy atom. The average molecular weight is 445 g/mol.